The number of carbonyl (C=O) groups excluding carboxylic acids is 1. The number of carbonyl (C=O) groups is 1. The van der Waals surface area contributed by atoms with Crippen LogP contribution in [-0.2, 0) is 10.2 Å². The molecule has 3 aliphatic carbocycles. The van der Waals surface area contributed by atoms with Gasteiger partial charge in [-0.15, -0.1) is 0 Å². The van der Waals surface area contributed by atoms with E-state index in [4.69, 9.17) is 4.74 Å². The Labute approximate surface area is 163 Å². The van der Waals surface area contributed by atoms with Crippen LogP contribution in [0.1, 0.15) is 90.2 Å². The van der Waals surface area contributed by atoms with Crippen molar-refractivity contribution >= 4 is 5.78 Å². The molecule has 1 N–H and O–H groups in total. The van der Waals surface area contributed by atoms with E-state index < -0.39 is 0 Å². The Kier molecular flexibility index (Phi) is 4.36. The molecule has 3 fully saturated rings. The highest BCUT2D eigenvalue weighted by atomic mass is 16.5. The van der Waals surface area contributed by atoms with Crippen LogP contribution < -0.4 is 4.74 Å². The van der Waals surface area contributed by atoms with Gasteiger partial charge in [0, 0.05) is 17.4 Å². The van der Waals surface area contributed by atoms with Crippen LogP contribution in [0.3, 0.4) is 0 Å². The first-order valence-electron chi connectivity index (χ1n) is 10.8. The average Bonchev–Trinajstić information content (AvgIpc) is 2.99. The van der Waals surface area contributed by atoms with Gasteiger partial charge in [0.15, 0.2) is 11.9 Å². The number of unbranched alkanes of at least 4 members (excludes halogenated alkanes) is 3. The van der Waals surface area contributed by atoms with Crippen molar-refractivity contribution in [1.29, 1.82) is 0 Å². The van der Waals surface area contributed by atoms with Crippen molar-refractivity contribution < 1.29 is 14.6 Å². The molecule has 1 heterocycles. The molecule has 2 bridgehead atoms. The zero-order chi connectivity index (χ0) is 19.6. The third kappa shape index (κ3) is 2.72. The largest absolute Gasteiger partial charge is 0.508 e. The number of benzene rings is 1. The number of hydrogen-bond acceptors (Lipinski definition) is 3. The van der Waals surface area contributed by atoms with Gasteiger partial charge in [-0.25, -0.2) is 0 Å². The van der Waals surface area contributed by atoms with E-state index in [-0.39, 0.29) is 34.6 Å². The number of ether oxygens (including phenoxy) is 1. The summed E-state index contributed by atoms with van der Waals surface area (Å²) in [5.74, 6) is 1.88. The third-order valence-corrected chi connectivity index (χ3v) is 7.87. The number of fused-ring (bicyclic) bond motifs is 1. The molecular formula is C24H34O3. The summed E-state index contributed by atoms with van der Waals surface area (Å²) in [6.07, 6.45) is 6.62. The summed E-state index contributed by atoms with van der Waals surface area (Å²) in [4.78, 5) is 12.9. The van der Waals surface area contributed by atoms with Gasteiger partial charge in [0.2, 0.25) is 0 Å². The normalized spacial score (nSPS) is 30.3. The van der Waals surface area contributed by atoms with E-state index in [0.717, 1.165) is 29.7 Å². The van der Waals surface area contributed by atoms with E-state index in [2.05, 4.69) is 40.7 Å². The molecule has 148 valence electrons. The Morgan fingerprint density at radius 1 is 1.22 bits per heavy atom. The molecule has 1 aliphatic heterocycles. The Balaban J connectivity index is 1.62. The average molecular weight is 371 g/mol. The summed E-state index contributed by atoms with van der Waals surface area (Å²) in [5, 5.41) is 10.9. The smallest absolute Gasteiger partial charge is 0.177 e. The van der Waals surface area contributed by atoms with Crippen molar-refractivity contribution in [3.63, 3.8) is 0 Å². The van der Waals surface area contributed by atoms with Crippen LogP contribution >= 0.6 is 0 Å². The number of hydrogen-bond donors (Lipinski definition) is 1. The molecule has 3 nitrogen and oxygen atoms in total. The summed E-state index contributed by atoms with van der Waals surface area (Å²) < 4.78 is 6.17. The first kappa shape index (κ1) is 18.8. The Morgan fingerprint density at radius 3 is 2.63 bits per heavy atom. The molecule has 0 saturated heterocycles. The van der Waals surface area contributed by atoms with Crippen molar-refractivity contribution in [2.24, 2.45) is 17.3 Å². The zero-order valence-electron chi connectivity index (χ0n) is 17.5. The first-order chi connectivity index (χ1) is 12.7. The standard InChI is InChI=1S/C24H34O3/c1-6-7-8-9-10-23(2,3)14-11-17(25)20-18(12-14)27-22-19(20)15-13-16(21(22)26)24(15,4)5/h11-12,15-16,19,22,25H,6-10,13H2,1-5H3/t15-,16+,19+,22-/m1/s1. The maximum Gasteiger partial charge on any atom is 0.177 e. The lowest BCUT2D eigenvalue weighted by Gasteiger charge is -2.59. The molecule has 1 aromatic rings. The van der Waals surface area contributed by atoms with E-state index in [9.17, 15) is 9.90 Å². The minimum Gasteiger partial charge on any atom is -0.508 e. The lowest BCUT2D eigenvalue weighted by molar-refractivity contribution is -0.164. The lowest BCUT2D eigenvalue weighted by atomic mass is 9.44. The number of phenols is 1. The Hall–Kier alpha value is -1.51. The minimum absolute atomic E-state index is 0.0111. The van der Waals surface area contributed by atoms with Gasteiger partial charge in [-0.05, 0) is 47.3 Å². The van der Waals surface area contributed by atoms with Crippen LogP contribution in [0.25, 0.3) is 0 Å². The van der Waals surface area contributed by atoms with Crippen LogP contribution in [0.5, 0.6) is 11.5 Å². The van der Waals surface area contributed by atoms with Gasteiger partial charge in [-0.2, -0.15) is 0 Å². The van der Waals surface area contributed by atoms with Gasteiger partial charge in [0.25, 0.3) is 0 Å². The monoisotopic (exact) mass is 370 g/mol. The molecule has 0 radical (unpaired) electrons. The summed E-state index contributed by atoms with van der Waals surface area (Å²) in [7, 11) is 0. The maximum absolute atomic E-state index is 12.9. The molecule has 3 saturated carbocycles. The second-order valence-electron chi connectivity index (χ2n) is 10.3. The molecule has 27 heavy (non-hydrogen) atoms. The summed E-state index contributed by atoms with van der Waals surface area (Å²) in [6.45, 7) is 11.1. The zero-order valence-corrected chi connectivity index (χ0v) is 17.5. The molecule has 4 atom stereocenters. The SMILES string of the molecule is CCCCCCC(C)(C)c1cc(O)c2c(c1)O[C@H]1C(=O)[C@@H]3C[C@H]([C@@H]21)C3(C)C. The highest BCUT2D eigenvalue weighted by Crippen LogP contribution is 2.67. The van der Waals surface area contributed by atoms with E-state index in [1.807, 2.05) is 6.07 Å². The maximum atomic E-state index is 12.9. The van der Waals surface area contributed by atoms with Crippen molar-refractivity contribution in [3.8, 4) is 11.5 Å². The van der Waals surface area contributed by atoms with Gasteiger partial charge in [-0.3, -0.25) is 4.79 Å². The predicted molar refractivity (Wildman–Crippen MR) is 107 cm³/mol. The molecule has 0 amide bonds. The molecule has 1 aromatic carbocycles. The van der Waals surface area contributed by atoms with Crippen LogP contribution in [0, 0.1) is 17.3 Å². The van der Waals surface area contributed by atoms with Crippen LogP contribution in [0.2, 0.25) is 0 Å². The second kappa shape index (κ2) is 6.25. The summed E-state index contributed by atoms with van der Waals surface area (Å²) >= 11 is 0. The van der Waals surface area contributed by atoms with Crippen molar-refractivity contribution in [1.82, 2.24) is 0 Å². The lowest BCUT2D eigenvalue weighted by Crippen LogP contribution is -2.61. The van der Waals surface area contributed by atoms with E-state index in [0.29, 0.717) is 11.7 Å². The molecule has 0 aromatic heterocycles. The van der Waals surface area contributed by atoms with Gasteiger partial charge >= 0.3 is 0 Å². The highest BCUT2D eigenvalue weighted by Gasteiger charge is 2.66. The molecule has 4 aliphatic rings. The number of phenolic OH excluding ortho intramolecular Hbond substituents is 1. The first-order valence-corrected chi connectivity index (χ1v) is 10.8. The molecule has 0 unspecified atom stereocenters. The number of Topliss-reactive ketones (excluding diaryl/α,β-unsaturated/α-hetero) is 1. The van der Waals surface area contributed by atoms with Crippen molar-refractivity contribution in [2.75, 3.05) is 0 Å². The van der Waals surface area contributed by atoms with Gasteiger partial charge < -0.3 is 9.84 Å². The van der Waals surface area contributed by atoms with E-state index in [1.165, 1.54) is 25.7 Å². The van der Waals surface area contributed by atoms with Crippen LogP contribution in [-0.4, -0.2) is 17.0 Å². The topological polar surface area (TPSA) is 46.5 Å². The quantitative estimate of drug-likeness (QED) is 0.651. The van der Waals surface area contributed by atoms with Crippen LogP contribution in [0.15, 0.2) is 12.1 Å². The van der Waals surface area contributed by atoms with Crippen molar-refractivity contribution in [3.05, 3.63) is 23.3 Å². The summed E-state index contributed by atoms with van der Waals surface area (Å²) in [5.41, 5.74) is 2.01. The van der Waals surface area contributed by atoms with E-state index >= 15 is 0 Å². The predicted octanol–water partition coefficient (Wildman–Crippen LogP) is 5.73. The molecule has 5 rings (SSSR count). The fraction of sp³-hybridized carbons (Fsp3) is 0.708. The van der Waals surface area contributed by atoms with Crippen molar-refractivity contribution in [2.45, 2.75) is 90.6 Å². The summed E-state index contributed by atoms with van der Waals surface area (Å²) in [6, 6.07) is 4.04. The van der Waals surface area contributed by atoms with Gasteiger partial charge in [-0.1, -0.05) is 60.3 Å². The fourth-order valence-electron chi connectivity index (χ4n) is 5.83. The third-order valence-electron chi connectivity index (χ3n) is 7.87. The fourth-order valence-corrected chi connectivity index (χ4v) is 5.83. The van der Waals surface area contributed by atoms with E-state index in [1.54, 1.807) is 0 Å². The highest BCUT2D eigenvalue weighted by molar-refractivity contribution is 5.92. The number of ketones is 1. The van der Waals surface area contributed by atoms with Gasteiger partial charge in [0.1, 0.15) is 11.5 Å². The Bertz CT molecular complexity index is 761. The number of rotatable bonds is 6. The second-order valence-corrected chi connectivity index (χ2v) is 10.3. The minimum atomic E-state index is -0.384. The molecule has 0 spiro atoms. The Morgan fingerprint density at radius 2 is 1.96 bits per heavy atom. The number of aromatic hydroxyl groups is 1. The van der Waals surface area contributed by atoms with Crippen LogP contribution in [0.4, 0.5) is 0 Å². The molecular weight excluding hydrogens is 336 g/mol. The molecule has 3 heteroatoms. The van der Waals surface area contributed by atoms with Gasteiger partial charge in [0.05, 0.1) is 0 Å².